The van der Waals surface area contributed by atoms with Crippen molar-refractivity contribution >= 4 is 27.1 Å². The Labute approximate surface area is 182 Å². The maximum atomic E-state index is 12.8. The lowest BCUT2D eigenvalue weighted by molar-refractivity contribution is -0.384. The first kappa shape index (κ1) is 21.4. The van der Waals surface area contributed by atoms with Crippen LogP contribution in [0.25, 0.3) is 0 Å². The van der Waals surface area contributed by atoms with E-state index in [4.69, 9.17) is 4.74 Å². The zero-order valence-electron chi connectivity index (χ0n) is 17.4. The lowest BCUT2D eigenvalue weighted by Gasteiger charge is -2.37. The number of hydrogen-bond donors (Lipinski definition) is 0. The second-order valence-corrected chi connectivity index (χ2v) is 9.60. The number of methoxy groups -OCH3 is 1. The van der Waals surface area contributed by atoms with Gasteiger partial charge in [0, 0.05) is 45.3 Å². The van der Waals surface area contributed by atoms with E-state index in [0.29, 0.717) is 45.0 Å². The molecule has 2 aromatic carbocycles. The zero-order valence-corrected chi connectivity index (χ0v) is 18.3. The van der Waals surface area contributed by atoms with Crippen molar-refractivity contribution in [2.24, 2.45) is 0 Å². The predicted octanol–water partition coefficient (Wildman–Crippen LogP) is 2.71. The fourth-order valence-corrected chi connectivity index (χ4v) is 5.77. The van der Waals surface area contributed by atoms with Gasteiger partial charge in [-0.25, -0.2) is 8.42 Å². The topological polar surface area (TPSA) is 96.2 Å². The maximum Gasteiger partial charge on any atom is 0.293 e. The number of nitrogens with zero attached hydrogens (tertiary/aromatic N) is 4. The summed E-state index contributed by atoms with van der Waals surface area (Å²) in [5.74, 6) is 0.790. The molecule has 0 unspecified atom stereocenters. The van der Waals surface area contributed by atoms with E-state index in [-0.39, 0.29) is 10.6 Å². The van der Waals surface area contributed by atoms with E-state index in [9.17, 15) is 18.5 Å². The molecule has 0 saturated carbocycles. The summed E-state index contributed by atoms with van der Waals surface area (Å²) in [6.07, 6.45) is 1.63. The zero-order chi connectivity index (χ0) is 22.0. The van der Waals surface area contributed by atoms with Crippen molar-refractivity contribution in [1.82, 2.24) is 4.31 Å². The molecule has 2 heterocycles. The number of nitro groups is 1. The van der Waals surface area contributed by atoms with Crippen LogP contribution in [-0.4, -0.2) is 64.0 Å². The van der Waals surface area contributed by atoms with E-state index < -0.39 is 14.9 Å². The average Bonchev–Trinajstić information content (AvgIpc) is 3.35. The highest BCUT2D eigenvalue weighted by Gasteiger charge is 2.31. The van der Waals surface area contributed by atoms with Gasteiger partial charge in [0.2, 0.25) is 10.0 Å². The molecule has 4 rings (SSSR count). The van der Waals surface area contributed by atoms with Crippen LogP contribution in [0.3, 0.4) is 0 Å². The summed E-state index contributed by atoms with van der Waals surface area (Å²) in [5.41, 5.74) is 1.27. The Morgan fingerprint density at radius 3 is 2.13 bits per heavy atom. The van der Waals surface area contributed by atoms with Gasteiger partial charge >= 0.3 is 0 Å². The summed E-state index contributed by atoms with van der Waals surface area (Å²) in [5, 5.41) is 11.8. The molecule has 2 aromatic rings. The third-order valence-electron chi connectivity index (χ3n) is 5.89. The van der Waals surface area contributed by atoms with Crippen molar-refractivity contribution in [3.8, 4) is 5.75 Å². The number of sulfonamides is 1. The molecule has 9 nitrogen and oxygen atoms in total. The van der Waals surface area contributed by atoms with Gasteiger partial charge in [-0.1, -0.05) is 12.1 Å². The van der Waals surface area contributed by atoms with Crippen LogP contribution in [0, 0.1) is 10.1 Å². The monoisotopic (exact) mass is 446 g/mol. The number of ether oxygens (including phenoxy) is 1. The number of rotatable bonds is 6. The number of anilines is 2. The van der Waals surface area contributed by atoms with Gasteiger partial charge in [-0.2, -0.15) is 4.31 Å². The minimum absolute atomic E-state index is 0.0162. The molecule has 0 aromatic heterocycles. The summed E-state index contributed by atoms with van der Waals surface area (Å²) in [4.78, 5) is 15.4. The van der Waals surface area contributed by atoms with Crippen LogP contribution in [0.5, 0.6) is 5.75 Å². The molecule has 0 N–H and O–H groups in total. The molecule has 0 spiro atoms. The van der Waals surface area contributed by atoms with Gasteiger partial charge in [0.25, 0.3) is 5.69 Å². The quantitative estimate of drug-likeness (QED) is 0.497. The lowest BCUT2D eigenvalue weighted by atomic mass is 10.2. The molecule has 166 valence electrons. The number of para-hydroxylation sites is 2. The Bertz CT molecular complexity index is 1060. The van der Waals surface area contributed by atoms with Crippen LogP contribution in [-0.2, 0) is 10.0 Å². The first-order valence-corrected chi connectivity index (χ1v) is 11.8. The number of hydrogen-bond acceptors (Lipinski definition) is 7. The normalized spacial score (nSPS) is 17.7. The molecular weight excluding hydrogens is 420 g/mol. The van der Waals surface area contributed by atoms with E-state index in [1.807, 2.05) is 29.2 Å². The molecule has 0 bridgehead atoms. The van der Waals surface area contributed by atoms with E-state index in [1.54, 1.807) is 13.2 Å². The molecular formula is C21H26N4O5S. The minimum Gasteiger partial charge on any atom is -0.495 e. The van der Waals surface area contributed by atoms with Crippen LogP contribution in [0.2, 0.25) is 0 Å². The van der Waals surface area contributed by atoms with Crippen molar-refractivity contribution in [2.45, 2.75) is 17.7 Å². The molecule has 2 saturated heterocycles. The van der Waals surface area contributed by atoms with Crippen LogP contribution < -0.4 is 14.5 Å². The third-order valence-corrected chi connectivity index (χ3v) is 7.79. The molecule has 2 aliphatic rings. The summed E-state index contributed by atoms with van der Waals surface area (Å²) in [7, 11) is -2.07. The van der Waals surface area contributed by atoms with Gasteiger partial charge in [0.1, 0.15) is 11.4 Å². The summed E-state index contributed by atoms with van der Waals surface area (Å²) in [6, 6.07) is 12.0. The Morgan fingerprint density at radius 1 is 0.903 bits per heavy atom. The second-order valence-electron chi connectivity index (χ2n) is 7.66. The van der Waals surface area contributed by atoms with Crippen LogP contribution in [0.15, 0.2) is 47.4 Å². The van der Waals surface area contributed by atoms with E-state index >= 15 is 0 Å². The number of nitro benzene ring substituents is 1. The number of piperazine rings is 1. The van der Waals surface area contributed by atoms with Crippen molar-refractivity contribution in [3.05, 3.63) is 52.6 Å². The molecule has 0 atom stereocenters. The molecule has 2 aliphatic heterocycles. The van der Waals surface area contributed by atoms with Gasteiger partial charge in [-0.05, 0) is 37.1 Å². The first-order chi connectivity index (χ1) is 14.9. The van der Waals surface area contributed by atoms with Gasteiger partial charge in [0.15, 0.2) is 0 Å². The Kier molecular flexibility index (Phi) is 6.01. The highest BCUT2D eigenvalue weighted by Crippen LogP contribution is 2.34. The predicted molar refractivity (Wildman–Crippen MR) is 119 cm³/mol. The summed E-state index contributed by atoms with van der Waals surface area (Å²) < 4.78 is 32.5. The molecule has 2 fully saturated rings. The van der Waals surface area contributed by atoms with Crippen molar-refractivity contribution in [1.29, 1.82) is 0 Å². The highest BCUT2D eigenvalue weighted by molar-refractivity contribution is 7.89. The van der Waals surface area contributed by atoms with E-state index in [1.165, 1.54) is 16.4 Å². The van der Waals surface area contributed by atoms with Gasteiger partial charge in [-0.15, -0.1) is 0 Å². The Balaban J connectivity index is 1.55. The molecule has 0 amide bonds. The SMILES string of the molecule is COc1ccccc1N1CCN(c2ccc(S(=O)(=O)N3CCCC3)cc2[N+](=O)[O-])CC1. The van der Waals surface area contributed by atoms with Crippen LogP contribution >= 0.6 is 0 Å². The van der Waals surface area contributed by atoms with Gasteiger partial charge in [-0.3, -0.25) is 10.1 Å². The molecule has 10 heteroatoms. The second kappa shape index (κ2) is 8.72. The Hall–Kier alpha value is -2.85. The average molecular weight is 447 g/mol. The Morgan fingerprint density at radius 2 is 1.52 bits per heavy atom. The maximum absolute atomic E-state index is 12.8. The molecule has 31 heavy (non-hydrogen) atoms. The van der Waals surface area contributed by atoms with Crippen molar-refractivity contribution in [2.75, 3.05) is 56.2 Å². The van der Waals surface area contributed by atoms with Gasteiger partial charge < -0.3 is 14.5 Å². The van der Waals surface area contributed by atoms with Gasteiger partial charge in [0.05, 0.1) is 22.6 Å². The van der Waals surface area contributed by atoms with Crippen LogP contribution in [0.4, 0.5) is 17.1 Å². The van der Waals surface area contributed by atoms with Crippen molar-refractivity contribution in [3.63, 3.8) is 0 Å². The van der Waals surface area contributed by atoms with Crippen molar-refractivity contribution < 1.29 is 18.1 Å². The lowest BCUT2D eigenvalue weighted by Crippen LogP contribution is -2.46. The van der Waals surface area contributed by atoms with E-state index in [2.05, 4.69) is 4.90 Å². The van der Waals surface area contributed by atoms with E-state index in [0.717, 1.165) is 24.3 Å². The first-order valence-electron chi connectivity index (χ1n) is 10.3. The fraction of sp³-hybridized carbons (Fsp3) is 0.429. The molecule has 0 aliphatic carbocycles. The third kappa shape index (κ3) is 4.17. The largest absolute Gasteiger partial charge is 0.495 e. The standard InChI is InChI=1S/C21H26N4O5S/c1-30-21-7-3-2-6-19(21)23-14-12-22(13-15-23)18-9-8-17(16-20(18)25(26)27)31(28,29)24-10-4-5-11-24/h2-3,6-9,16H,4-5,10-15H2,1H3. The highest BCUT2D eigenvalue weighted by atomic mass is 32.2. The smallest absolute Gasteiger partial charge is 0.293 e. The number of benzene rings is 2. The fourth-order valence-electron chi connectivity index (χ4n) is 4.23. The summed E-state index contributed by atoms with van der Waals surface area (Å²) in [6.45, 7) is 3.43. The summed E-state index contributed by atoms with van der Waals surface area (Å²) >= 11 is 0. The molecule has 0 radical (unpaired) electrons. The minimum atomic E-state index is -3.71. The van der Waals surface area contributed by atoms with Crippen LogP contribution in [0.1, 0.15) is 12.8 Å².